The summed E-state index contributed by atoms with van der Waals surface area (Å²) in [5.74, 6) is 0. The second-order valence-corrected chi connectivity index (χ2v) is 16.3. The summed E-state index contributed by atoms with van der Waals surface area (Å²) < 4.78 is 9.57. The fraction of sp³-hybridized carbons (Fsp3) is 0. The number of fused-ring (bicyclic) bond motifs is 12. The number of thiophene rings is 1. The number of nitrogens with zero attached hydrogens (tertiary/aromatic N) is 4. The molecule has 0 fully saturated rings. The molecule has 4 nitrogen and oxygen atoms in total. The highest BCUT2D eigenvalue weighted by Crippen LogP contribution is 2.41. The Morgan fingerprint density at radius 1 is 0.310 bits per heavy atom. The van der Waals surface area contributed by atoms with Gasteiger partial charge < -0.3 is 13.7 Å². The molecule has 0 atom stereocenters. The predicted molar refractivity (Wildman–Crippen MR) is 246 cm³/mol. The molecule has 5 heteroatoms. The van der Waals surface area contributed by atoms with E-state index < -0.39 is 0 Å². The van der Waals surface area contributed by atoms with Gasteiger partial charge in [-0.1, -0.05) is 109 Å². The minimum Gasteiger partial charge on any atom is -0.309 e. The van der Waals surface area contributed by atoms with Crippen molar-refractivity contribution in [3.8, 4) is 28.2 Å². The van der Waals surface area contributed by atoms with Crippen LogP contribution in [0.5, 0.6) is 0 Å². The Hall–Kier alpha value is -7.47. The lowest BCUT2D eigenvalue weighted by Crippen LogP contribution is -1.95. The third-order valence-electron chi connectivity index (χ3n) is 12.1. The number of pyridine rings is 1. The first kappa shape index (κ1) is 31.7. The van der Waals surface area contributed by atoms with E-state index in [9.17, 15) is 0 Å². The maximum Gasteiger partial charge on any atom is 0.0890 e. The van der Waals surface area contributed by atoms with Crippen LogP contribution in [0, 0.1) is 0 Å². The second-order valence-electron chi connectivity index (χ2n) is 15.2. The van der Waals surface area contributed by atoms with E-state index in [-0.39, 0.29) is 0 Å². The zero-order valence-corrected chi connectivity index (χ0v) is 32.0. The lowest BCUT2D eigenvalue weighted by Gasteiger charge is -2.10. The van der Waals surface area contributed by atoms with Gasteiger partial charge in [-0.25, -0.2) is 0 Å². The molecule has 13 rings (SSSR count). The number of aromatic nitrogens is 4. The van der Waals surface area contributed by atoms with Gasteiger partial charge in [0.2, 0.25) is 0 Å². The first-order chi connectivity index (χ1) is 28.8. The molecule has 0 saturated heterocycles. The molecule has 0 aliphatic rings. The van der Waals surface area contributed by atoms with Crippen molar-refractivity contribution in [2.75, 3.05) is 0 Å². The van der Waals surface area contributed by atoms with E-state index in [1.54, 1.807) is 0 Å². The molecule has 58 heavy (non-hydrogen) atoms. The lowest BCUT2D eigenvalue weighted by atomic mass is 10.0. The molecule has 0 saturated carbocycles. The van der Waals surface area contributed by atoms with E-state index in [0.717, 1.165) is 16.9 Å². The topological polar surface area (TPSA) is 27.7 Å². The van der Waals surface area contributed by atoms with E-state index in [1.807, 2.05) is 17.5 Å². The molecule has 8 aromatic carbocycles. The van der Waals surface area contributed by atoms with Gasteiger partial charge in [-0.3, -0.25) is 4.98 Å². The molecule has 270 valence electrons. The molecule has 0 bridgehead atoms. The Morgan fingerprint density at radius 2 is 0.828 bits per heavy atom. The Labute approximate surface area is 336 Å². The molecule has 0 aliphatic heterocycles. The molecular formula is C53H32N4S. The summed E-state index contributed by atoms with van der Waals surface area (Å²) in [5.41, 5.74) is 14.0. The van der Waals surface area contributed by atoms with Gasteiger partial charge in [-0.05, 0) is 90.0 Å². The van der Waals surface area contributed by atoms with Gasteiger partial charge in [0.25, 0.3) is 0 Å². The molecule has 0 aliphatic carbocycles. The molecule has 0 radical (unpaired) electrons. The van der Waals surface area contributed by atoms with Crippen molar-refractivity contribution < 1.29 is 0 Å². The van der Waals surface area contributed by atoms with Crippen LogP contribution in [0.25, 0.3) is 114 Å². The van der Waals surface area contributed by atoms with Crippen molar-refractivity contribution in [1.29, 1.82) is 0 Å². The van der Waals surface area contributed by atoms with Crippen LogP contribution in [0.3, 0.4) is 0 Å². The highest BCUT2D eigenvalue weighted by molar-refractivity contribution is 7.25. The van der Waals surface area contributed by atoms with Crippen LogP contribution >= 0.6 is 11.3 Å². The van der Waals surface area contributed by atoms with E-state index >= 15 is 0 Å². The Morgan fingerprint density at radius 3 is 1.50 bits per heavy atom. The third kappa shape index (κ3) is 4.47. The van der Waals surface area contributed by atoms with Gasteiger partial charge in [0, 0.05) is 53.8 Å². The van der Waals surface area contributed by atoms with Crippen LogP contribution in [-0.2, 0) is 0 Å². The predicted octanol–water partition coefficient (Wildman–Crippen LogP) is 14.4. The van der Waals surface area contributed by atoms with Gasteiger partial charge in [0.05, 0.1) is 55.2 Å². The van der Waals surface area contributed by atoms with Gasteiger partial charge in [-0.15, -0.1) is 11.3 Å². The van der Waals surface area contributed by atoms with Crippen LogP contribution in [0.4, 0.5) is 0 Å². The normalized spacial score (nSPS) is 12.1. The first-order valence-electron chi connectivity index (χ1n) is 19.7. The highest BCUT2D eigenvalue weighted by atomic mass is 32.1. The molecule has 0 spiro atoms. The molecule has 0 unspecified atom stereocenters. The number of para-hydroxylation sites is 5. The van der Waals surface area contributed by atoms with Crippen LogP contribution in [0.2, 0.25) is 0 Å². The average Bonchev–Trinajstić information content (AvgIpc) is 4.02. The van der Waals surface area contributed by atoms with Gasteiger partial charge in [0.15, 0.2) is 0 Å². The molecule has 13 aromatic rings. The zero-order valence-electron chi connectivity index (χ0n) is 31.2. The summed E-state index contributed by atoms with van der Waals surface area (Å²) in [7, 11) is 0. The Balaban J connectivity index is 0.955. The quantitative estimate of drug-likeness (QED) is 0.176. The van der Waals surface area contributed by atoms with E-state index in [2.05, 4.69) is 202 Å². The standard InChI is InChI=1S/C53H32N4S/c1-2-12-35(13-3-1)55-45-18-8-6-16-40(45)42-25-22-34(29-50(42)55)33-23-26-49-43(28-33)41-17-7-11-21-48(41)56(49)36-24-27-51-44(30-36)53-52(58-51)31-37(32-54-53)57-46-19-9-4-14-38(46)39-15-5-10-20-47(39)57/h1-32H. The summed E-state index contributed by atoms with van der Waals surface area (Å²) in [5, 5.41) is 8.69. The maximum atomic E-state index is 5.17. The summed E-state index contributed by atoms with van der Waals surface area (Å²) in [6.07, 6.45) is 2.04. The minimum atomic E-state index is 1.04. The fourth-order valence-corrected chi connectivity index (χ4v) is 10.6. The number of benzene rings is 8. The Bertz CT molecular complexity index is 3750. The summed E-state index contributed by atoms with van der Waals surface area (Å²) in [4.78, 5) is 5.17. The number of hydrogen-bond acceptors (Lipinski definition) is 2. The molecule has 0 amide bonds. The van der Waals surface area contributed by atoms with Crippen LogP contribution < -0.4 is 0 Å². The van der Waals surface area contributed by atoms with Gasteiger partial charge in [0.1, 0.15) is 0 Å². The summed E-state index contributed by atoms with van der Waals surface area (Å²) >= 11 is 1.81. The van der Waals surface area contributed by atoms with Crippen molar-refractivity contribution >= 4 is 97.1 Å². The molecule has 5 aromatic heterocycles. The largest absolute Gasteiger partial charge is 0.309 e. The first-order valence-corrected chi connectivity index (χ1v) is 20.5. The van der Waals surface area contributed by atoms with Crippen molar-refractivity contribution in [2.45, 2.75) is 0 Å². The molecule has 5 heterocycles. The van der Waals surface area contributed by atoms with Crippen LogP contribution in [0.15, 0.2) is 194 Å². The molecule has 0 N–H and O–H groups in total. The van der Waals surface area contributed by atoms with E-state index in [1.165, 1.54) is 97.0 Å². The van der Waals surface area contributed by atoms with Gasteiger partial charge >= 0.3 is 0 Å². The third-order valence-corrected chi connectivity index (χ3v) is 13.2. The second kappa shape index (κ2) is 12.0. The van der Waals surface area contributed by atoms with Crippen molar-refractivity contribution in [3.63, 3.8) is 0 Å². The van der Waals surface area contributed by atoms with Crippen molar-refractivity contribution in [2.24, 2.45) is 0 Å². The SMILES string of the molecule is c1ccc(-n2c3ccccc3c3ccc(-c4ccc5c(c4)c4ccccc4n5-c4ccc5sc6cc(-n7c8ccccc8c8ccccc87)cnc6c5c4)cc32)cc1. The zero-order chi connectivity index (χ0) is 37.9. The Kier molecular flexibility index (Phi) is 6.57. The lowest BCUT2D eigenvalue weighted by molar-refractivity contribution is 1.16. The average molecular weight is 757 g/mol. The van der Waals surface area contributed by atoms with E-state index in [4.69, 9.17) is 4.98 Å². The van der Waals surface area contributed by atoms with Crippen molar-refractivity contribution in [3.05, 3.63) is 194 Å². The minimum absolute atomic E-state index is 1.04. The molecular weight excluding hydrogens is 725 g/mol. The maximum absolute atomic E-state index is 5.17. The number of rotatable bonds is 4. The highest BCUT2D eigenvalue weighted by Gasteiger charge is 2.18. The summed E-state index contributed by atoms with van der Waals surface area (Å²) in [6, 6.07) is 68.6. The monoisotopic (exact) mass is 756 g/mol. The smallest absolute Gasteiger partial charge is 0.0890 e. The van der Waals surface area contributed by atoms with E-state index in [0.29, 0.717) is 0 Å². The van der Waals surface area contributed by atoms with Crippen LogP contribution in [-0.4, -0.2) is 18.7 Å². The number of hydrogen-bond donors (Lipinski definition) is 0. The van der Waals surface area contributed by atoms with Crippen LogP contribution in [0.1, 0.15) is 0 Å². The fourth-order valence-electron chi connectivity index (χ4n) is 9.52. The van der Waals surface area contributed by atoms with Gasteiger partial charge in [-0.2, -0.15) is 0 Å². The summed E-state index contributed by atoms with van der Waals surface area (Å²) in [6.45, 7) is 0. The van der Waals surface area contributed by atoms with Crippen molar-refractivity contribution in [1.82, 2.24) is 18.7 Å².